The Kier molecular flexibility index (Phi) is 6.53. The van der Waals surface area contributed by atoms with Gasteiger partial charge in [0.15, 0.2) is 34.5 Å². The number of ether oxygens (including phenoxy) is 4. The molecule has 0 radical (unpaired) electrons. The van der Waals surface area contributed by atoms with Gasteiger partial charge in [-0.1, -0.05) is 18.2 Å². The van der Waals surface area contributed by atoms with Crippen LogP contribution in [-0.2, 0) is 25.7 Å². The zero-order chi connectivity index (χ0) is 30.8. The molecule has 9 heteroatoms. The highest BCUT2D eigenvalue weighted by Crippen LogP contribution is 2.56. The summed E-state index contributed by atoms with van der Waals surface area (Å²) in [4.78, 5) is 17.5. The fraction of sp³-hybridized carbons (Fsp3) is 0.306. The van der Waals surface area contributed by atoms with E-state index < -0.39 is 0 Å². The van der Waals surface area contributed by atoms with Gasteiger partial charge in [0, 0.05) is 31.7 Å². The van der Waals surface area contributed by atoms with Crippen molar-refractivity contribution in [2.24, 2.45) is 0 Å². The molecule has 5 heterocycles. The highest BCUT2D eigenvalue weighted by Gasteiger charge is 2.39. The molecule has 0 saturated carbocycles. The quantitative estimate of drug-likeness (QED) is 0.221. The van der Waals surface area contributed by atoms with Crippen LogP contribution in [0.5, 0.6) is 46.0 Å². The van der Waals surface area contributed by atoms with Gasteiger partial charge in [-0.2, -0.15) is 0 Å². The highest BCUT2D eigenvalue weighted by molar-refractivity contribution is 5.76. The first-order valence-corrected chi connectivity index (χ1v) is 15.4. The lowest BCUT2D eigenvalue weighted by Gasteiger charge is -2.40. The van der Waals surface area contributed by atoms with Crippen LogP contribution in [0.1, 0.15) is 45.5 Å². The molecule has 5 aliphatic rings. The van der Waals surface area contributed by atoms with E-state index in [-0.39, 0.29) is 23.9 Å². The van der Waals surface area contributed by atoms with E-state index in [1.165, 1.54) is 11.1 Å². The Labute approximate surface area is 261 Å². The van der Waals surface area contributed by atoms with Gasteiger partial charge in [0.05, 0.1) is 13.2 Å². The minimum Gasteiger partial charge on any atom is -0.504 e. The molecule has 230 valence electrons. The summed E-state index contributed by atoms with van der Waals surface area (Å²) in [5, 5.41) is 13.5. The number of amides is 2. The van der Waals surface area contributed by atoms with E-state index in [9.17, 15) is 9.90 Å². The summed E-state index contributed by atoms with van der Waals surface area (Å²) in [6, 6.07) is 19.3. The number of nitrogens with one attached hydrogen (secondary N) is 1. The molecule has 2 N–H and O–H groups in total. The maximum atomic E-state index is 13.3. The monoisotopic (exact) mass is 605 g/mol. The van der Waals surface area contributed by atoms with Crippen LogP contribution in [0.15, 0.2) is 60.7 Å². The van der Waals surface area contributed by atoms with Gasteiger partial charge in [-0.05, 0) is 103 Å². The first kappa shape index (κ1) is 27.6. The zero-order valence-corrected chi connectivity index (χ0v) is 25.6. The van der Waals surface area contributed by atoms with Crippen molar-refractivity contribution in [3.05, 3.63) is 94.0 Å². The Morgan fingerprint density at radius 1 is 0.844 bits per heavy atom. The number of aromatic hydroxyl groups is 1. The largest absolute Gasteiger partial charge is 0.504 e. The van der Waals surface area contributed by atoms with Gasteiger partial charge in [0.1, 0.15) is 5.75 Å². The summed E-state index contributed by atoms with van der Waals surface area (Å²) < 4.78 is 25.5. The number of likely N-dealkylation sites (N-methyl/N-ethyl adjacent to an activating group) is 1. The molecular formula is C36H35N3O6. The van der Waals surface area contributed by atoms with E-state index in [2.05, 4.69) is 29.4 Å². The van der Waals surface area contributed by atoms with Crippen molar-refractivity contribution < 1.29 is 28.8 Å². The Hall–Kier alpha value is -4.89. The summed E-state index contributed by atoms with van der Waals surface area (Å²) in [6.45, 7) is 1.45. The first-order valence-electron chi connectivity index (χ1n) is 15.4. The van der Waals surface area contributed by atoms with Crippen LogP contribution in [0, 0.1) is 0 Å². The third-order valence-corrected chi connectivity index (χ3v) is 9.64. The Morgan fingerprint density at radius 2 is 1.58 bits per heavy atom. The molecule has 0 fully saturated rings. The van der Waals surface area contributed by atoms with Crippen molar-refractivity contribution in [2.75, 3.05) is 34.3 Å². The second-order valence-electron chi connectivity index (χ2n) is 12.2. The standard InChI is InChI=1S/C36H35N3O6/c1-37-36(41)39-13-11-23-18-32(42-3)34-35-33(23)27(39)14-20-4-7-24(8-5-20)43-29-16-21(6-9-28(29)40)15-26-25-19-31(45-35)30(44-34)17-22(25)10-12-38(26)2/h4-9,16-19,26-27,40H,10-15H2,1-3H3,(H,37,41)/t26-,27-/m0/s1. The van der Waals surface area contributed by atoms with E-state index >= 15 is 0 Å². The van der Waals surface area contributed by atoms with E-state index in [1.807, 2.05) is 47.4 Å². The van der Waals surface area contributed by atoms with Crippen molar-refractivity contribution in [3.8, 4) is 46.0 Å². The maximum Gasteiger partial charge on any atom is 0.317 e. The lowest BCUT2D eigenvalue weighted by atomic mass is 9.86. The number of phenols is 1. The number of benzene rings is 4. The number of hydrogen-bond acceptors (Lipinski definition) is 7. The molecule has 0 aromatic heterocycles. The Bertz CT molecular complexity index is 1840. The number of urea groups is 1. The van der Waals surface area contributed by atoms with Crippen LogP contribution in [0.4, 0.5) is 4.79 Å². The maximum absolute atomic E-state index is 13.3. The lowest BCUT2D eigenvalue weighted by Crippen LogP contribution is -2.45. The second-order valence-corrected chi connectivity index (χ2v) is 12.2. The number of rotatable bonds is 1. The predicted octanol–water partition coefficient (Wildman–Crippen LogP) is 6.66. The van der Waals surface area contributed by atoms with Crippen molar-refractivity contribution in [1.29, 1.82) is 0 Å². The van der Waals surface area contributed by atoms with Crippen molar-refractivity contribution in [3.63, 3.8) is 0 Å². The van der Waals surface area contributed by atoms with Crippen molar-refractivity contribution >= 4 is 6.03 Å². The van der Waals surface area contributed by atoms with E-state index in [0.717, 1.165) is 41.6 Å². The zero-order valence-electron chi connectivity index (χ0n) is 25.6. The van der Waals surface area contributed by atoms with Gasteiger partial charge < -0.3 is 34.3 Å². The number of carbonyl (C=O) groups excluding carboxylic acids is 1. The van der Waals surface area contributed by atoms with E-state index in [4.69, 9.17) is 18.9 Å². The first-order chi connectivity index (χ1) is 21.9. The fourth-order valence-electron chi connectivity index (χ4n) is 7.27. The number of nitrogens with zero attached hydrogens (tertiary/aromatic N) is 2. The van der Waals surface area contributed by atoms with Gasteiger partial charge >= 0.3 is 6.03 Å². The Morgan fingerprint density at radius 3 is 2.38 bits per heavy atom. The van der Waals surface area contributed by atoms with Crippen LogP contribution in [-0.4, -0.2) is 55.2 Å². The molecule has 9 rings (SSSR count). The molecule has 7 bridgehead atoms. The normalized spacial score (nSPS) is 19.5. The molecular weight excluding hydrogens is 570 g/mol. The van der Waals surface area contributed by atoms with Gasteiger partial charge in [0.25, 0.3) is 0 Å². The number of fused-ring (bicyclic) bond motifs is 2. The second kappa shape index (κ2) is 10.6. The van der Waals surface area contributed by atoms with Crippen LogP contribution >= 0.6 is 0 Å². The molecule has 0 spiro atoms. The van der Waals surface area contributed by atoms with E-state index in [1.54, 1.807) is 20.2 Å². The van der Waals surface area contributed by atoms with Gasteiger partial charge in [0.2, 0.25) is 5.75 Å². The summed E-state index contributed by atoms with van der Waals surface area (Å²) in [5.41, 5.74) is 6.48. The van der Waals surface area contributed by atoms with Crippen molar-refractivity contribution in [2.45, 2.75) is 37.8 Å². The summed E-state index contributed by atoms with van der Waals surface area (Å²) >= 11 is 0. The molecule has 4 aromatic carbocycles. The van der Waals surface area contributed by atoms with Crippen LogP contribution in [0.3, 0.4) is 0 Å². The molecule has 9 nitrogen and oxygen atoms in total. The molecule has 2 atom stereocenters. The molecule has 0 aliphatic carbocycles. The summed E-state index contributed by atoms with van der Waals surface area (Å²) in [6.07, 6.45) is 2.81. The topological polar surface area (TPSA) is 92.7 Å². The van der Waals surface area contributed by atoms with E-state index in [0.29, 0.717) is 59.6 Å². The third-order valence-electron chi connectivity index (χ3n) is 9.64. The number of methoxy groups -OCH3 is 1. The lowest BCUT2D eigenvalue weighted by molar-refractivity contribution is 0.168. The number of hydrogen-bond donors (Lipinski definition) is 2. The molecule has 0 unspecified atom stereocenters. The average molecular weight is 606 g/mol. The molecule has 45 heavy (non-hydrogen) atoms. The average Bonchev–Trinajstić information content (AvgIpc) is 3.05. The van der Waals surface area contributed by atoms with Crippen LogP contribution in [0.2, 0.25) is 0 Å². The number of carbonyl (C=O) groups is 1. The minimum atomic E-state index is -0.318. The third kappa shape index (κ3) is 4.61. The predicted molar refractivity (Wildman–Crippen MR) is 168 cm³/mol. The fourth-order valence-corrected chi connectivity index (χ4v) is 7.27. The Balaban J connectivity index is 1.34. The van der Waals surface area contributed by atoms with Gasteiger partial charge in [-0.15, -0.1) is 0 Å². The molecule has 2 amide bonds. The molecule has 0 saturated heterocycles. The smallest absolute Gasteiger partial charge is 0.317 e. The molecule has 4 aromatic rings. The minimum absolute atomic E-state index is 0.0790. The van der Waals surface area contributed by atoms with Crippen molar-refractivity contribution in [1.82, 2.24) is 15.1 Å². The van der Waals surface area contributed by atoms with Gasteiger partial charge in [-0.25, -0.2) is 4.79 Å². The van der Waals surface area contributed by atoms with Gasteiger partial charge in [-0.3, -0.25) is 4.90 Å². The van der Waals surface area contributed by atoms with Crippen LogP contribution in [0.25, 0.3) is 0 Å². The molecule has 5 aliphatic heterocycles. The number of phenolic OH excluding ortho intramolecular Hbond substituents is 1. The SMILES string of the molecule is CNC(=O)N1CCc2cc(OC)c3c4c2[C@@H]1Cc1ccc(cc1)Oc1cc(ccc1O)C[C@H]1c2cc(c(cc2CCN1C)O3)O4. The highest BCUT2D eigenvalue weighted by atomic mass is 16.6. The summed E-state index contributed by atoms with van der Waals surface area (Å²) in [7, 11) is 5.45. The summed E-state index contributed by atoms with van der Waals surface area (Å²) in [5.74, 6) is 4.18. The van der Waals surface area contributed by atoms with Crippen LogP contribution < -0.4 is 24.3 Å².